The van der Waals surface area contributed by atoms with E-state index in [0.29, 0.717) is 0 Å². The molecule has 2 unspecified atom stereocenters. The van der Waals surface area contributed by atoms with E-state index in [1.807, 2.05) is 12.2 Å². The van der Waals surface area contributed by atoms with Crippen LogP contribution in [0.1, 0.15) is 26.7 Å². The molecule has 1 aliphatic carbocycles. The zero-order valence-corrected chi connectivity index (χ0v) is 13.6. The van der Waals surface area contributed by atoms with Crippen molar-refractivity contribution in [3.63, 3.8) is 0 Å². The molecular formula is C12H14I2O2. The van der Waals surface area contributed by atoms with Crippen LogP contribution in [0.5, 0.6) is 0 Å². The Labute approximate surface area is 123 Å². The van der Waals surface area contributed by atoms with Crippen LogP contribution in [0, 0.1) is 0 Å². The van der Waals surface area contributed by atoms with Gasteiger partial charge < -0.3 is 0 Å². The lowest BCUT2D eigenvalue weighted by Crippen LogP contribution is -2.30. The molecule has 0 aromatic heterocycles. The van der Waals surface area contributed by atoms with Gasteiger partial charge in [0, 0.05) is 0 Å². The Morgan fingerprint density at radius 1 is 1.19 bits per heavy atom. The molecule has 2 nitrogen and oxygen atoms in total. The molecule has 0 heterocycles. The first kappa shape index (κ1) is 14.3. The predicted molar refractivity (Wildman–Crippen MR) is 82.4 cm³/mol. The molecule has 0 saturated heterocycles. The van der Waals surface area contributed by atoms with E-state index in [0.717, 1.165) is 18.4 Å². The van der Waals surface area contributed by atoms with Gasteiger partial charge in [-0.25, -0.2) is 0 Å². The summed E-state index contributed by atoms with van der Waals surface area (Å²) in [7, 11) is 0. The van der Waals surface area contributed by atoms with E-state index < -0.39 is 0 Å². The molecule has 2 atom stereocenters. The lowest BCUT2D eigenvalue weighted by molar-refractivity contribution is -0.119. The standard InChI is InChI=1S/C12H14I2O2/c1-7-3-5-9(6-4-7)12(16)11(14)10(13)8(2)15/h3,5,10-11H,4,6H2,1-2H3. The van der Waals surface area contributed by atoms with Gasteiger partial charge in [0.25, 0.3) is 0 Å². The van der Waals surface area contributed by atoms with Gasteiger partial charge in [-0.3, -0.25) is 9.59 Å². The van der Waals surface area contributed by atoms with E-state index in [1.54, 1.807) is 0 Å². The normalized spacial score (nSPS) is 19.5. The van der Waals surface area contributed by atoms with Crippen molar-refractivity contribution in [2.75, 3.05) is 0 Å². The van der Waals surface area contributed by atoms with Gasteiger partial charge >= 0.3 is 0 Å². The summed E-state index contributed by atoms with van der Waals surface area (Å²) >= 11 is 4.13. The largest absolute Gasteiger partial charge is 0.299 e. The molecule has 0 amide bonds. The van der Waals surface area contributed by atoms with Crippen molar-refractivity contribution in [1.82, 2.24) is 0 Å². The molecule has 0 aliphatic heterocycles. The first-order valence-corrected chi connectivity index (χ1v) is 7.61. The molecule has 0 radical (unpaired) electrons. The Morgan fingerprint density at radius 3 is 2.25 bits per heavy atom. The summed E-state index contributed by atoms with van der Waals surface area (Å²) in [4.78, 5) is 23.3. The number of allylic oxidation sites excluding steroid dienone is 4. The van der Waals surface area contributed by atoms with E-state index in [1.165, 1.54) is 12.5 Å². The van der Waals surface area contributed by atoms with E-state index in [-0.39, 0.29) is 19.4 Å². The second kappa shape index (κ2) is 6.28. The quantitative estimate of drug-likeness (QED) is 0.492. The zero-order chi connectivity index (χ0) is 12.3. The van der Waals surface area contributed by atoms with E-state index in [9.17, 15) is 9.59 Å². The Hall–Kier alpha value is 0.280. The topological polar surface area (TPSA) is 34.1 Å². The van der Waals surface area contributed by atoms with Gasteiger partial charge in [-0.05, 0) is 32.3 Å². The number of Topliss-reactive ketones (excluding diaryl/α,β-unsaturated/α-hetero) is 2. The molecule has 0 bridgehead atoms. The smallest absolute Gasteiger partial charge is 0.173 e. The molecule has 0 aromatic carbocycles. The number of halogens is 2. The summed E-state index contributed by atoms with van der Waals surface area (Å²) in [6.07, 6.45) is 5.65. The zero-order valence-electron chi connectivity index (χ0n) is 9.30. The highest BCUT2D eigenvalue weighted by Crippen LogP contribution is 2.25. The number of ketones is 2. The lowest BCUT2D eigenvalue weighted by atomic mass is 9.94. The van der Waals surface area contributed by atoms with Crippen LogP contribution in [-0.4, -0.2) is 19.4 Å². The van der Waals surface area contributed by atoms with Gasteiger partial charge in [-0.15, -0.1) is 0 Å². The molecule has 0 spiro atoms. The Balaban J connectivity index is 2.75. The minimum Gasteiger partial charge on any atom is -0.299 e. The molecule has 88 valence electrons. The van der Waals surface area contributed by atoms with Crippen LogP contribution in [0.3, 0.4) is 0 Å². The minimum atomic E-state index is -0.242. The molecule has 0 aromatic rings. The second-order valence-electron chi connectivity index (χ2n) is 3.98. The maximum absolute atomic E-state index is 12.1. The first-order valence-electron chi connectivity index (χ1n) is 5.12. The van der Waals surface area contributed by atoms with Crippen LogP contribution in [0.25, 0.3) is 0 Å². The van der Waals surface area contributed by atoms with Crippen LogP contribution in [0.2, 0.25) is 0 Å². The summed E-state index contributed by atoms with van der Waals surface area (Å²) in [5, 5.41) is 0. The third-order valence-corrected chi connectivity index (χ3v) is 6.83. The van der Waals surface area contributed by atoms with Crippen molar-refractivity contribution in [3.8, 4) is 0 Å². The third-order valence-electron chi connectivity index (χ3n) is 2.57. The van der Waals surface area contributed by atoms with Crippen LogP contribution in [-0.2, 0) is 9.59 Å². The van der Waals surface area contributed by atoms with Crippen molar-refractivity contribution in [2.24, 2.45) is 0 Å². The van der Waals surface area contributed by atoms with Crippen molar-refractivity contribution in [2.45, 2.75) is 34.5 Å². The monoisotopic (exact) mass is 444 g/mol. The average molecular weight is 444 g/mol. The predicted octanol–water partition coefficient (Wildman–Crippen LogP) is 3.42. The molecule has 4 heteroatoms. The highest BCUT2D eigenvalue weighted by Gasteiger charge is 2.28. The van der Waals surface area contributed by atoms with Gasteiger partial charge in [-0.1, -0.05) is 62.9 Å². The van der Waals surface area contributed by atoms with Crippen LogP contribution in [0.15, 0.2) is 23.3 Å². The van der Waals surface area contributed by atoms with Gasteiger partial charge in [0.15, 0.2) is 5.78 Å². The van der Waals surface area contributed by atoms with Crippen molar-refractivity contribution in [3.05, 3.63) is 23.3 Å². The highest BCUT2D eigenvalue weighted by atomic mass is 127. The van der Waals surface area contributed by atoms with Crippen LogP contribution < -0.4 is 0 Å². The summed E-state index contributed by atoms with van der Waals surface area (Å²) in [6, 6.07) is 0. The highest BCUT2D eigenvalue weighted by molar-refractivity contribution is 14.1. The van der Waals surface area contributed by atoms with Gasteiger partial charge in [-0.2, -0.15) is 0 Å². The Morgan fingerprint density at radius 2 is 1.81 bits per heavy atom. The van der Waals surface area contributed by atoms with E-state index in [2.05, 4.69) is 52.1 Å². The summed E-state index contributed by atoms with van der Waals surface area (Å²) < 4.78 is -0.465. The minimum absolute atomic E-state index is 0.0662. The van der Waals surface area contributed by atoms with Crippen molar-refractivity contribution < 1.29 is 9.59 Å². The lowest BCUT2D eigenvalue weighted by Gasteiger charge is -2.17. The third kappa shape index (κ3) is 3.65. The fraction of sp³-hybridized carbons (Fsp3) is 0.500. The van der Waals surface area contributed by atoms with Crippen molar-refractivity contribution >= 4 is 56.7 Å². The number of alkyl halides is 2. The Kier molecular flexibility index (Phi) is 5.63. The second-order valence-corrected chi connectivity index (χ2v) is 6.67. The average Bonchev–Trinajstić information content (AvgIpc) is 2.27. The first-order chi connectivity index (χ1) is 7.43. The van der Waals surface area contributed by atoms with Gasteiger partial charge in [0.05, 0.1) is 7.85 Å². The van der Waals surface area contributed by atoms with Crippen LogP contribution in [0.4, 0.5) is 0 Å². The SMILES string of the molecule is CC(=O)C(I)C(I)C(=O)C1=CC=C(C)CC1. The Bertz CT molecular complexity index is 369. The van der Waals surface area contributed by atoms with E-state index >= 15 is 0 Å². The summed E-state index contributed by atoms with van der Waals surface area (Å²) in [5.74, 6) is 0.176. The molecule has 1 rings (SSSR count). The molecule has 16 heavy (non-hydrogen) atoms. The fourth-order valence-electron chi connectivity index (χ4n) is 1.46. The molecular weight excluding hydrogens is 430 g/mol. The molecule has 0 saturated carbocycles. The molecule has 0 N–H and O–H groups in total. The number of carbonyl (C=O) groups excluding carboxylic acids is 2. The summed E-state index contributed by atoms with van der Waals surface area (Å²) in [6.45, 7) is 3.60. The molecule has 1 aliphatic rings. The summed E-state index contributed by atoms with van der Waals surface area (Å²) in [5.41, 5.74) is 2.16. The number of hydrogen-bond acceptors (Lipinski definition) is 2. The number of rotatable bonds is 4. The number of hydrogen-bond donors (Lipinski definition) is 0. The maximum Gasteiger partial charge on any atom is 0.173 e. The van der Waals surface area contributed by atoms with E-state index in [4.69, 9.17) is 0 Å². The van der Waals surface area contributed by atoms with Crippen LogP contribution >= 0.6 is 45.2 Å². The van der Waals surface area contributed by atoms with Gasteiger partial charge in [0.1, 0.15) is 5.78 Å². The molecule has 0 fully saturated rings. The van der Waals surface area contributed by atoms with Crippen molar-refractivity contribution in [1.29, 1.82) is 0 Å². The maximum atomic E-state index is 12.1. The number of carbonyl (C=O) groups is 2. The van der Waals surface area contributed by atoms with Gasteiger partial charge in [0.2, 0.25) is 0 Å². The fourth-order valence-corrected chi connectivity index (χ4v) is 2.70.